The molecule has 0 aliphatic carbocycles. The second-order valence-electron chi connectivity index (χ2n) is 5.24. The van der Waals surface area contributed by atoms with E-state index in [1.54, 1.807) is 11.3 Å². The molecular formula is C20H22N2OS. The molecule has 4 heteroatoms. The van der Waals surface area contributed by atoms with Gasteiger partial charge < -0.3 is 10.1 Å². The van der Waals surface area contributed by atoms with Gasteiger partial charge in [0.25, 0.3) is 0 Å². The molecule has 0 fully saturated rings. The van der Waals surface area contributed by atoms with Gasteiger partial charge in [0, 0.05) is 31.0 Å². The van der Waals surface area contributed by atoms with Gasteiger partial charge in [-0.3, -0.25) is 0 Å². The van der Waals surface area contributed by atoms with Crippen LogP contribution in [0.15, 0.2) is 66.9 Å². The summed E-state index contributed by atoms with van der Waals surface area (Å²) in [6, 6.07) is 20.5. The van der Waals surface area contributed by atoms with Gasteiger partial charge >= 0.3 is 0 Å². The summed E-state index contributed by atoms with van der Waals surface area (Å²) in [5, 5.41) is 4.02. The minimum absolute atomic E-state index is 0.629. The van der Waals surface area contributed by atoms with Crippen LogP contribution in [0.1, 0.15) is 22.4 Å². The molecule has 0 spiro atoms. The van der Waals surface area contributed by atoms with Crippen LogP contribution in [0, 0.1) is 0 Å². The lowest BCUT2D eigenvalue weighted by Crippen LogP contribution is -1.83. The molecule has 1 heterocycles. The Balaban J connectivity index is 0.000000185. The Bertz CT molecular complexity index is 711. The van der Waals surface area contributed by atoms with E-state index in [1.165, 1.54) is 16.0 Å². The summed E-state index contributed by atoms with van der Waals surface area (Å²) in [6.45, 7) is 0. The number of rotatable bonds is 6. The predicted molar refractivity (Wildman–Crippen MR) is 102 cm³/mol. The summed E-state index contributed by atoms with van der Waals surface area (Å²) in [5.41, 5.74) is 2.56. The van der Waals surface area contributed by atoms with E-state index in [-0.39, 0.29) is 0 Å². The zero-order chi connectivity index (χ0) is 17.0. The molecule has 1 aromatic heterocycles. The fourth-order valence-corrected chi connectivity index (χ4v) is 2.97. The number of carbonyl (C=O) groups excluding carboxylic acids is 1. The van der Waals surface area contributed by atoms with Gasteiger partial charge in [0.05, 0.1) is 0 Å². The molecule has 0 atom stereocenters. The second kappa shape index (κ2) is 10.3. The van der Waals surface area contributed by atoms with E-state index in [0.29, 0.717) is 6.42 Å². The molecule has 0 saturated carbocycles. The first-order valence-electron chi connectivity index (χ1n) is 7.95. The van der Waals surface area contributed by atoms with Gasteiger partial charge in [-0.05, 0) is 17.5 Å². The lowest BCUT2D eigenvalue weighted by atomic mass is 10.1. The molecule has 2 aromatic carbocycles. The number of hydrogen-bond acceptors (Lipinski definition) is 4. The monoisotopic (exact) mass is 338 g/mol. The largest absolute Gasteiger partial charge is 0.365 e. The van der Waals surface area contributed by atoms with Crippen molar-refractivity contribution in [1.29, 1.82) is 0 Å². The van der Waals surface area contributed by atoms with E-state index in [1.807, 2.05) is 49.6 Å². The molecule has 0 unspecified atom stereocenters. The first kappa shape index (κ1) is 17.9. The van der Waals surface area contributed by atoms with Gasteiger partial charge in [0.1, 0.15) is 6.29 Å². The molecule has 0 aliphatic rings. The molecular weight excluding hydrogens is 316 g/mol. The Morgan fingerprint density at radius 3 is 2.17 bits per heavy atom. The highest BCUT2D eigenvalue weighted by molar-refractivity contribution is 7.15. The van der Waals surface area contributed by atoms with Crippen LogP contribution in [0.4, 0.5) is 5.13 Å². The Morgan fingerprint density at radius 1 is 1.00 bits per heavy atom. The van der Waals surface area contributed by atoms with Gasteiger partial charge in [-0.15, -0.1) is 11.3 Å². The molecule has 3 aromatic rings. The van der Waals surface area contributed by atoms with Crippen molar-refractivity contribution in [2.45, 2.75) is 19.3 Å². The number of anilines is 1. The molecule has 0 aliphatic heterocycles. The van der Waals surface area contributed by atoms with Crippen LogP contribution in [0.3, 0.4) is 0 Å². The van der Waals surface area contributed by atoms with E-state index in [9.17, 15) is 4.79 Å². The molecule has 0 saturated heterocycles. The number of carbonyl (C=O) groups is 1. The molecule has 0 radical (unpaired) electrons. The maximum atomic E-state index is 9.98. The Kier molecular flexibility index (Phi) is 7.71. The SMILES string of the molecule is CNc1ncc(Cc2ccccc2)s1.O=CCCc1ccccc1. The molecule has 124 valence electrons. The highest BCUT2D eigenvalue weighted by Gasteiger charge is 2.00. The molecule has 0 amide bonds. The number of nitrogens with zero attached hydrogens (tertiary/aromatic N) is 1. The highest BCUT2D eigenvalue weighted by Crippen LogP contribution is 2.20. The van der Waals surface area contributed by atoms with Crippen molar-refractivity contribution in [3.05, 3.63) is 82.9 Å². The van der Waals surface area contributed by atoms with Crippen molar-refractivity contribution in [2.75, 3.05) is 12.4 Å². The van der Waals surface area contributed by atoms with Gasteiger partial charge in [-0.1, -0.05) is 60.7 Å². The lowest BCUT2D eigenvalue weighted by molar-refractivity contribution is -0.107. The summed E-state index contributed by atoms with van der Waals surface area (Å²) < 4.78 is 0. The summed E-state index contributed by atoms with van der Waals surface area (Å²) in [4.78, 5) is 15.5. The second-order valence-corrected chi connectivity index (χ2v) is 6.35. The average molecular weight is 338 g/mol. The number of aryl methyl sites for hydroxylation is 1. The smallest absolute Gasteiger partial charge is 0.182 e. The number of thiazole rings is 1. The molecule has 1 N–H and O–H groups in total. The Labute approximate surface area is 147 Å². The third-order valence-corrected chi connectivity index (χ3v) is 4.40. The van der Waals surface area contributed by atoms with Gasteiger partial charge in [-0.25, -0.2) is 4.98 Å². The quantitative estimate of drug-likeness (QED) is 0.668. The standard InChI is InChI=1S/C11H12N2S.C9H10O/c1-12-11-13-8-10(14-11)7-9-5-3-2-4-6-9;10-8-4-7-9-5-2-1-3-6-9/h2-6,8H,7H2,1H3,(H,12,13);1-3,5-6,8H,4,7H2. The Morgan fingerprint density at radius 2 is 1.62 bits per heavy atom. The van der Waals surface area contributed by atoms with Crippen LogP contribution in [-0.2, 0) is 17.6 Å². The van der Waals surface area contributed by atoms with Gasteiger partial charge in [0.15, 0.2) is 5.13 Å². The maximum absolute atomic E-state index is 9.98. The minimum Gasteiger partial charge on any atom is -0.365 e. The van der Waals surface area contributed by atoms with Crippen LogP contribution >= 0.6 is 11.3 Å². The van der Waals surface area contributed by atoms with Crippen LogP contribution in [0.2, 0.25) is 0 Å². The van der Waals surface area contributed by atoms with Crippen molar-refractivity contribution in [2.24, 2.45) is 0 Å². The zero-order valence-corrected chi connectivity index (χ0v) is 14.6. The van der Waals surface area contributed by atoms with Crippen molar-refractivity contribution in [1.82, 2.24) is 4.98 Å². The van der Waals surface area contributed by atoms with E-state index >= 15 is 0 Å². The first-order chi connectivity index (χ1) is 11.8. The highest BCUT2D eigenvalue weighted by atomic mass is 32.1. The van der Waals surface area contributed by atoms with Crippen LogP contribution in [-0.4, -0.2) is 18.3 Å². The predicted octanol–water partition coefficient (Wildman–Crippen LogP) is 4.59. The summed E-state index contributed by atoms with van der Waals surface area (Å²) >= 11 is 1.71. The van der Waals surface area contributed by atoms with Crippen LogP contribution in [0.25, 0.3) is 0 Å². The normalized spacial score (nSPS) is 9.71. The summed E-state index contributed by atoms with van der Waals surface area (Å²) in [7, 11) is 1.89. The third kappa shape index (κ3) is 6.34. The van der Waals surface area contributed by atoms with E-state index in [2.05, 4.69) is 34.6 Å². The topological polar surface area (TPSA) is 42.0 Å². The van der Waals surface area contributed by atoms with Gasteiger partial charge in [-0.2, -0.15) is 0 Å². The summed E-state index contributed by atoms with van der Waals surface area (Å²) in [6.07, 6.45) is 5.35. The lowest BCUT2D eigenvalue weighted by Gasteiger charge is -1.96. The summed E-state index contributed by atoms with van der Waals surface area (Å²) in [5.74, 6) is 0. The number of hydrogen-bond donors (Lipinski definition) is 1. The fraction of sp³-hybridized carbons (Fsp3) is 0.200. The first-order valence-corrected chi connectivity index (χ1v) is 8.77. The minimum atomic E-state index is 0.629. The molecule has 3 rings (SSSR count). The third-order valence-electron chi connectivity index (χ3n) is 3.38. The van der Waals surface area contributed by atoms with Crippen molar-refractivity contribution in [3.63, 3.8) is 0 Å². The van der Waals surface area contributed by atoms with Crippen molar-refractivity contribution >= 4 is 22.8 Å². The molecule has 0 bridgehead atoms. The van der Waals surface area contributed by atoms with Crippen molar-refractivity contribution < 1.29 is 4.79 Å². The van der Waals surface area contributed by atoms with Crippen LogP contribution < -0.4 is 5.32 Å². The fourth-order valence-electron chi connectivity index (χ4n) is 2.17. The number of nitrogens with one attached hydrogen (secondary N) is 1. The van der Waals surface area contributed by atoms with E-state index in [0.717, 1.165) is 24.3 Å². The van der Waals surface area contributed by atoms with Gasteiger partial charge in [0.2, 0.25) is 0 Å². The molecule has 3 nitrogen and oxygen atoms in total. The average Bonchev–Trinajstić information content (AvgIpc) is 3.10. The van der Waals surface area contributed by atoms with E-state index < -0.39 is 0 Å². The number of aldehydes is 1. The zero-order valence-electron chi connectivity index (χ0n) is 13.8. The maximum Gasteiger partial charge on any atom is 0.182 e. The van der Waals surface area contributed by atoms with Crippen molar-refractivity contribution in [3.8, 4) is 0 Å². The van der Waals surface area contributed by atoms with E-state index in [4.69, 9.17) is 0 Å². The molecule has 24 heavy (non-hydrogen) atoms. The number of aromatic nitrogens is 1. The number of benzene rings is 2. The van der Waals surface area contributed by atoms with Crippen LogP contribution in [0.5, 0.6) is 0 Å². The Hall–Kier alpha value is -2.46.